The second kappa shape index (κ2) is 22.0. The first-order chi connectivity index (χ1) is 23.0. The van der Waals surface area contributed by atoms with E-state index < -0.39 is 17.9 Å². The number of carbonyl (C=O) groups is 3. The molecule has 0 aliphatic carbocycles. The molecule has 0 N–H and O–H groups in total. The van der Waals surface area contributed by atoms with Gasteiger partial charge in [-0.05, 0) is 111 Å². The van der Waals surface area contributed by atoms with Crippen molar-refractivity contribution in [3.63, 3.8) is 0 Å². The number of carbonyl (C=O) groups excluding carboxylic acids is 3. The molecule has 9 nitrogen and oxygen atoms in total. The number of hydrogen-bond donors (Lipinski definition) is 0. The zero-order chi connectivity index (χ0) is 33.5. The Morgan fingerprint density at radius 1 is 0.553 bits per heavy atom. The van der Waals surface area contributed by atoms with Crippen molar-refractivity contribution >= 4 is 17.9 Å². The van der Waals surface area contributed by atoms with Crippen molar-refractivity contribution in [2.24, 2.45) is 0 Å². The summed E-state index contributed by atoms with van der Waals surface area (Å²) in [6, 6.07) is 20.9. The van der Waals surface area contributed by atoms with Crippen LogP contribution in [0.25, 0.3) is 0 Å². The van der Waals surface area contributed by atoms with Crippen LogP contribution < -0.4 is 14.2 Å². The molecule has 0 bridgehead atoms. The second-order valence-corrected chi connectivity index (χ2v) is 10.9. The fourth-order valence-electron chi connectivity index (χ4n) is 4.48. The van der Waals surface area contributed by atoms with E-state index in [4.69, 9.17) is 28.4 Å². The van der Waals surface area contributed by atoms with Crippen molar-refractivity contribution in [2.75, 3.05) is 40.1 Å². The molecular formula is C38H46O9. The van der Waals surface area contributed by atoms with Crippen LogP contribution in [0.2, 0.25) is 0 Å². The average Bonchev–Trinajstić information content (AvgIpc) is 3.10. The van der Waals surface area contributed by atoms with Crippen LogP contribution in [0.4, 0.5) is 0 Å². The minimum absolute atomic E-state index is 0.223. The highest BCUT2D eigenvalue weighted by Crippen LogP contribution is 2.18. The van der Waals surface area contributed by atoms with Crippen LogP contribution in [0.3, 0.4) is 0 Å². The Kier molecular flexibility index (Phi) is 17.2. The van der Waals surface area contributed by atoms with Gasteiger partial charge in [-0.3, -0.25) is 0 Å². The quantitative estimate of drug-likeness (QED) is 0.0447. The number of hydrogen-bond acceptors (Lipinski definition) is 9. The maximum Gasteiger partial charge on any atom is 0.343 e. The van der Waals surface area contributed by atoms with Gasteiger partial charge in [0.25, 0.3) is 0 Å². The SMILES string of the molecule is C=CC(=O)OCCCCCCOc1ccc(C(=O)Oc2ccc(CCOC(=O)c3ccc(OCCCCCCOC)cc3)cc2)cc1. The molecule has 0 saturated carbocycles. The molecule has 0 aromatic heterocycles. The van der Waals surface area contributed by atoms with Gasteiger partial charge in [-0.2, -0.15) is 0 Å². The van der Waals surface area contributed by atoms with Crippen molar-refractivity contribution in [3.05, 3.63) is 102 Å². The normalized spacial score (nSPS) is 10.6. The zero-order valence-electron chi connectivity index (χ0n) is 27.3. The van der Waals surface area contributed by atoms with E-state index in [2.05, 4.69) is 6.58 Å². The van der Waals surface area contributed by atoms with Gasteiger partial charge >= 0.3 is 17.9 Å². The third kappa shape index (κ3) is 15.0. The number of methoxy groups -OCH3 is 1. The summed E-state index contributed by atoms with van der Waals surface area (Å²) in [5.41, 5.74) is 1.83. The summed E-state index contributed by atoms with van der Waals surface area (Å²) in [5.74, 6) is 0.567. The Bertz CT molecular complexity index is 1350. The van der Waals surface area contributed by atoms with Gasteiger partial charge in [-0.25, -0.2) is 14.4 Å². The van der Waals surface area contributed by atoms with Crippen LogP contribution in [0.5, 0.6) is 17.2 Å². The lowest BCUT2D eigenvalue weighted by Gasteiger charge is -2.09. The van der Waals surface area contributed by atoms with Gasteiger partial charge in [0.15, 0.2) is 0 Å². The van der Waals surface area contributed by atoms with Gasteiger partial charge in [0.1, 0.15) is 17.2 Å². The number of esters is 3. The summed E-state index contributed by atoms with van der Waals surface area (Å²) >= 11 is 0. The van der Waals surface area contributed by atoms with Gasteiger partial charge in [-0.15, -0.1) is 0 Å². The lowest BCUT2D eigenvalue weighted by molar-refractivity contribution is -0.137. The molecule has 3 aromatic rings. The molecule has 0 fully saturated rings. The van der Waals surface area contributed by atoms with Gasteiger partial charge in [0.2, 0.25) is 0 Å². The van der Waals surface area contributed by atoms with Crippen LogP contribution >= 0.6 is 0 Å². The van der Waals surface area contributed by atoms with E-state index >= 15 is 0 Å². The highest BCUT2D eigenvalue weighted by atomic mass is 16.5. The first-order valence-electron chi connectivity index (χ1n) is 16.2. The van der Waals surface area contributed by atoms with E-state index in [1.54, 1.807) is 67.8 Å². The minimum Gasteiger partial charge on any atom is -0.494 e. The predicted molar refractivity (Wildman–Crippen MR) is 179 cm³/mol. The summed E-state index contributed by atoms with van der Waals surface area (Å²) in [5, 5.41) is 0. The summed E-state index contributed by atoms with van der Waals surface area (Å²) < 4.78 is 32.4. The van der Waals surface area contributed by atoms with Crippen molar-refractivity contribution < 1.29 is 42.8 Å². The molecule has 0 saturated heterocycles. The van der Waals surface area contributed by atoms with Gasteiger partial charge < -0.3 is 28.4 Å². The molecule has 9 heteroatoms. The molecule has 252 valence electrons. The third-order valence-electron chi connectivity index (χ3n) is 7.17. The Morgan fingerprint density at radius 3 is 1.57 bits per heavy atom. The first kappa shape index (κ1) is 36.8. The predicted octanol–water partition coefficient (Wildman–Crippen LogP) is 7.56. The van der Waals surface area contributed by atoms with E-state index in [1.807, 2.05) is 12.1 Å². The van der Waals surface area contributed by atoms with E-state index in [0.29, 0.717) is 48.9 Å². The van der Waals surface area contributed by atoms with Gasteiger partial charge in [0.05, 0.1) is 37.6 Å². The minimum atomic E-state index is -0.468. The van der Waals surface area contributed by atoms with E-state index in [0.717, 1.165) is 75.4 Å². The Balaban J connectivity index is 1.29. The van der Waals surface area contributed by atoms with Gasteiger partial charge in [0, 0.05) is 26.2 Å². The summed E-state index contributed by atoms with van der Waals surface area (Å²) in [6.45, 7) is 5.97. The van der Waals surface area contributed by atoms with Crippen molar-refractivity contribution in [1.82, 2.24) is 0 Å². The molecule has 0 radical (unpaired) electrons. The lowest BCUT2D eigenvalue weighted by atomic mass is 10.1. The molecule has 0 heterocycles. The topological polar surface area (TPSA) is 107 Å². The first-order valence-corrected chi connectivity index (χ1v) is 16.2. The molecule has 0 spiro atoms. The maximum absolute atomic E-state index is 12.6. The Morgan fingerprint density at radius 2 is 1.04 bits per heavy atom. The molecule has 3 rings (SSSR count). The van der Waals surface area contributed by atoms with Crippen LogP contribution in [0.15, 0.2) is 85.5 Å². The molecular weight excluding hydrogens is 600 g/mol. The standard InChI is InChI=1S/C38H46O9/c1-3-36(39)45-28-11-7-6-10-27-44-34-22-16-32(17-23-34)38(41)47-35-18-12-30(13-19-35)24-29-46-37(40)31-14-20-33(21-15-31)43-26-9-5-4-8-25-42-2/h3,12-23H,1,4-11,24-29H2,2H3. The maximum atomic E-state index is 12.6. The number of benzene rings is 3. The highest BCUT2D eigenvalue weighted by Gasteiger charge is 2.10. The van der Waals surface area contributed by atoms with E-state index in [-0.39, 0.29) is 6.61 Å². The summed E-state index contributed by atoms with van der Waals surface area (Å²) in [4.78, 5) is 36.0. The zero-order valence-corrected chi connectivity index (χ0v) is 27.3. The fourth-order valence-corrected chi connectivity index (χ4v) is 4.48. The smallest absolute Gasteiger partial charge is 0.343 e. The van der Waals surface area contributed by atoms with Crippen LogP contribution in [0.1, 0.15) is 77.6 Å². The molecule has 0 atom stereocenters. The average molecular weight is 647 g/mol. The van der Waals surface area contributed by atoms with E-state index in [1.165, 1.54) is 0 Å². The van der Waals surface area contributed by atoms with Gasteiger partial charge in [-0.1, -0.05) is 25.1 Å². The Labute approximate surface area is 277 Å². The molecule has 47 heavy (non-hydrogen) atoms. The highest BCUT2D eigenvalue weighted by molar-refractivity contribution is 5.91. The van der Waals surface area contributed by atoms with Crippen molar-refractivity contribution in [1.29, 1.82) is 0 Å². The lowest BCUT2D eigenvalue weighted by Crippen LogP contribution is -2.09. The molecule has 0 amide bonds. The summed E-state index contributed by atoms with van der Waals surface area (Å²) in [7, 11) is 1.71. The molecule has 0 aliphatic rings. The third-order valence-corrected chi connectivity index (χ3v) is 7.17. The van der Waals surface area contributed by atoms with Crippen LogP contribution in [-0.4, -0.2) is 58.1 Å². The van der Waals surface area contributed by atoms with Crippen LogP contribution in [-0.2, 0) is 25.4 Å². The molecule has 3 aromatic carbocycles. The largest absolute Gasteiger partial charge is 0.494 e. The number of rotatable bonds is 23. The summed E-state index contributed by atoms with van der Waals surface area (Å²) in [6.07, 6.45) is 9.52. The van der Waals surface area contributed by atoms with Crippen molar-refractivity contribution in [2.45, 2.75) is 57.8 Å². The molecule has 0 aliphatic heterocycles. The monoisotopic (exact) mass is 646 g/mol. The second-order valence-electron chi connectivity index (χ2n) is 10.9. The molecule has 0 unspecified atom stereocenters. The van der Waals surface area contributed by atoms with Crippen LogP contribution in [0, 0.1) is 0 Å². The van der Waals surface area contributed by atoms with E-state index in [9.17, 15) is 14.4 Å². The fraction of sp³-hybridized carbons (Fsp3) is 0.395. The number of ether oxygens (including phenoxy) is 6. The number of unbranched alkanes of at least 4 members (excludes halogenated alkanes) is 6. The van der Waals surface area contributed by atoms with Crippen molar-refractivity contribution in [3.8, 4) is 17.2 Å². The Hall–Kier alpha value is -4.63.